The van der Waals surface area contributed by atoms with E-state index in [0.29, 0.717) is 18.8 Å². The number of nitrogens with one attached hydrogen (secondary N) is 1. The lowest BCUT2D eigenvalue weighted by Crippen LogP contribution is -2.45. The second kappa shape index (κ2) is 6.65. The molecule has 112 valence electrons. The number of hydrogen-bond donors (Lipinski definition) is 3. The molecule has 1 amide bonds. The van der Waals surface area contributed by atoms with E-state index >= 15 is 0 Å². The van der Waals surface area contributed by atoms with Gasteiger partial charge in [0.1, 0.15) is 10.7 Å². The van der Waals surface area contributed by atoms with Crippen LogP contribution >= 0.6 is 11.3 Å². The molecule has 2 rings (SSSR count). The smallest absolute Gasteiger partial charge is 0.270 e. The molecular formula is C14H23N3O2S. The fourth-order valence-corrected chi connectivity index (χ4v) is 3.30. The summed E-state index contributed by atoms with van der Waals surface area (Å²) in [7, 11) is 0. The number of amides is 1. The van der Waals surface area contributed by atoms with Gasteiger partial charge < -0.3 is 16.2 Å². The van der Waals surface area contributed by atoms with E-state index < -0.39 is 5.60 Å². The number of carbonyl (C=O) groups is 1. The molecule has 1 saturated carbocycles. The minimum Gasteiger partial charge on any atom is -0.388 e. The Bertz CT molecular complexity index is 453. The van der Waals surface area contributed by atoms with E-state index in [4.69, 9.17) is 5.73 Å². The van der Waals surface area contributed by atoms with Crippen molar-refractivity contribution in [2.75, 3.05) is 6.54 Å². The van der Waals surface area contributed by atoms with Crippen LogP contribution in [-0.2, 0) is 6.54 Å². The SMILES string of the molecule is CCC1CCC(O)(CNC(=O)c2csc(CN)n2)CC1. The van der Waals surface area contributed by atoms with Crippen LogP contribution in [0.25, 0.3) is 0 Å². The van der Waals surface area contributed by atoms with Gasteiger partial charge in [-0.1, -0.05) is 13.3 Å². The summed E-state index contributed by atoms with van der Waals surface area (Å²) in [6.07, 6.45) is 4.77. The van der Waals surface area contributed by atoms with Crippen molar-refractivity contribution in [1.29, 1.82) is 0 Å². The van der Waals surface area contributed by atoms with Gasteiger partial charge in [0.2, 0.25) is 0 Å². The summed E-state index contributed by atoms with van der Waals surface area (Å²) in [6.45, 7) is 2.84. The van der Waals surface area contributed by atoms with Crippen LogP contribution in [0.2, 0.25) is 0 Å². The Morgan fingerprint density at radius 2 is 2.30 bits per heavy atom. The van der Waals surface area contributed by atoms with E-state index in [9.17, 15) is 9.90 Å². The molecule has 4 N–H and O–H groups in total. The quantitative estimate of drug-likeness (QED) is 0.771. The molecule has 0 bridgehead atoms. The summed E-state index contributed by atoms with van der Waals surface area (Å²) < 4.78 is 0. The third kappa shape index (κ3) is 3.77. The first-order valence-corrected chi connectivity index (χ1v) is 8.09. The molecule has 0 aliphatic heterocycles. The highest BCUT2D eigenvalue weighted by Crippen LogP contribution is 2.33. The van der Waals surface area contributed by atoms with Gasteiger partial charge >= 0.3 is 0 Å². The Labute approximate surface area is 123 Å². The summed E-state index contributed by atoms with van der Waals surface area (Å²) in [4.78, 5) is 16.1. The maximum atomic E-state index is 12.0. The average molecular weight is 297 g/mol. The van der Waals surface area contributed by atoms with Gasteiger partial charge in [-0.3, -0.25) is 4.79 Å². The Kier molecular flexibility index (Phi) is 5.12. The summed E-state index contributed by atoms with van der Waals surface area (Å²) in [6, 6.07) is 0. The summed E-state index contributed by atoms with van der Waals surface area (Å²) in [5.41, 5.74) is 5.11. The van der Waals surface area contributed by atoms with Crippen molar-refractivity contribution in [1.82, 2.24) is 10.3 Å². The second-order valence-electron chi connectivity index (χ2n) is 5.59. The zero-order chi connectivity index (χ0) is 14.6. The number of carbonyl (C=O) groups excluding carboxylic acids is 1. The molecular weight excluding hydrogens is 274 g/mol. The fraction of sp³-hybridized carbons (Fsp3) is 0.714. The first-order chi connectivity index (χ1) is 9.56. The van der Waals surface area contributed by atoms with Crippen LogP contribution in [0.4, 0.5) is 0 Å². The Hall–Kier alpha value is -0.980. The molecule has 0 spiro atoms. The summed E-state index contributed by atoms with van der Waals surface area (Å²) in [5, 5.41) is 15.7. The van der Waals surface area contributed by atoms with Gasteiger partial charge in [0.15, 0.2) is 0 Å². The topological polar surface area (TPSA) is 88.2 Å². The molecule has 1 aliphatic rings. The lowest BCUT2D eigenvalue weighted by molar-refractivity contribution is -0.00789. The fourth-order valence-electron chi connectivity index (χ4n) is 2.64. The molecule has 0 radical (unpaired) electrons. The molecule has 1 aliphatic carbocycles. The lowest BCUT2D eigenvalue weighted by Gasteiger charge is -2.35. The van der Waals surface area contributed by atoms with Crippen LogP contribution in [-0.4, -0.2) is 28.1 Å². The van der Waals surface area contributed by atoms with E-state index in [2.05, 4.69) is 17.2 Å². The van der Waals surface area contributed by atoms with Crippen molar-refractivity contribution in [2.45, 2.75) is 51.2 Å². The van der Waals surface area contributed by atoms with Crippen molar-refractivity contribution in [2.24, 2.45) is 11.7 Å². The monoisotopic (exact) mass is 297 g/mol. The third-order valence-corrected chi connectivity index (χ3v) is 5.02. The van der Waals surface area contributed by atoms with Gasteiger partial charge in [-0.15, -0.1) is 11.3 Å². The lowest BCUT2D eigenvalue weighted by atomic mass is 9.78. The van der Waals surface area contributed by atoms with Crippen LogP contribution in [0.3, 0.4) is 0 Å². The Morgan fingerprint density at radius 3 is 2.85 bits per heavy atom. The molecule has 1 heterocycles. The van der Waals surface area contributed by atoms with Crippen LogP contribution in [0.15, 0.2) is 5.38 Å². The zero-order valence-electron chi connectivity index (χ0n) is 11.9. The van der Waals surface area contributed by atoms with Crippen molar-refractivity contribution in [3.63, 3.8) is 0 Å². The molecule has 5 nitrogen and oxygen atoms in total. The van der Waals surface area contributed by atoms with E-state index in [1.807, 2.05) is 0 Å². The standard InChI is InChI=1S/C14H23N3O2S/c1-2-10-3-5-14(19,6-4-10)9-16-13(18)11-8-20-12(7-15)17-11/h8,10,19H,2-7,9,15H2,1H3,(H,16,18). The Morgan fingerprint density at radius 1 is 1.60 bits per heavy atom. The number of aromatic nitrogens is 1. The maximum absolute atomic E-state index is 12.0. The highest BCUT2D eigenvalue weighted by Gasteiger charge is 2.33. The molecule has 20 heavy (non-hydrogen) atoms. The number of aliphatic hydroxyl groups is 1. The average Bonchev–Trinajstić information content (AvgIpc) is 2.95. The van der Waals surface area contributed by atoms with E-state index in [1.165, 1.54) is 17.8 Å². The maximum Gasteiger partial charge on any atom is 0.270 e. The molecule has 0 aromatic carbocycles. The number of nitrogens with two attached hydrogens (primary N) is 1. The minimum absolute atomic E-state index is 0.230. The molecule has 1 aromatic rings. The number of nitrogens with zero attached hydrogens (tertiary/aromatic N) is 1. The minimum atomic E-state index is -0.756. The van der Waals surface area contributed by atoms with E-state index in [-0.39, 0.29) is 5.91 Å². The summed E-state index contributed by atoms with van der Waals surface area (Å²) >= 11 is 1.38. The van der Waals surface area contributed by atoms with Crippen molar-refractivity contribution >= 4 is 17.2 Å². The van der Waals surface area contributed by atoms with Gasteiger partial charge in [-0.2, -0.15) is 0 Å². The normalized spacial score (nSPS) is 26.4. The molecule has 1 aromatic heterocycles. The summed E-state index contributed by atoms with van der Waals surface area (Å²) in [5.74, 6) is 0.489. The molecule has 0 unspecified atom stereocenters. The number of thiazole rings is 1. The predicted octanol–water partition coefficient (Wildman–Crippen LogP) is 1.66. The number of hydrogen-bond acceptors (Lipinski definition) is 5. The van der Waals surface area contributed by atoms with Crippen molar-refractivity contribution in [3.05, 3.63) is 16.1 Å². The van der Waals surface area contributed by atoms with Crippen LogP contribution in [0.1, 0.15) is 54.5 Å². The first-order valence-electron chi connectivity index (χ1n) is 7.21. The van der Waals surface area contributed by atoms with Crippen LogP contribution < -0.4 is 11.1 Å². The molecule has 1 fully saturated rings. The molecule has 0 atom stereocenters. The zero-order valence-corrected chi connectivity index (χ0v) is 12.7. The predicted molar refractivity (Wildman–Crippen MR) is 79.5 cm³/mol. The largest absolute Gasteiger partial charge is 0.388 e. The van der Waals surface area contributed by atoms with Gasteiger partial charge in [-0.25, -0.2) is 4.98 Å². The Balaban J connectivity index is 1.84. The number of rotatable bonds is 5. The van der Waals surface area contributed by atoms with Crippen LogP contribution in [0.5, 0.6) is 0 Å². The van der Waals surface area contributed by atoms with E-state index in [1.54, 1.807) is 5.38 Å². The van der Waals surface area contributed by atoms with Gasteiger partial charge in [0.05, 0.1) is 5.60 Å². The van der Waals surface area contributed by atoms with Crippen LogP contribution in [0, 0.1) is 5.92 Å². The van der Waals surface area contributed by atoms with Crippen molar-refractivity contribution < 1.29 is 9.90 Å². The highest BCUT2D eigenvalue weighted by atomic mass is 32.1. The molecule has 6 heteroatoms. The van der Waals surface area contributed by atoms with E-state index in [0.717, 1.165) is 36.6 Å². The van der Waals surface area contributed by atoms with Gasteiger partial charge in [0.25, 0.3) is 5.91 Å². The highest BCUT2D eigenvalue weighted by molar-refractivity contribution is 7.09. The molecule has 0 saturated heterocycles. The third-order valence-electron chi connectivity index (χ3n) is 4.15. The van der Waals surface area contributed by atoms with Gasteiger partial charge in [-0.05, 0) is 31.6 Å². The first kappa shape index (κ1) is 15.4. The van der Waals surface area contributed by atoms with Gasteiger partial charge in [0, 0.05) is 18.5 Å². The second-order valence-corrected chi connectivity index (χ2v) is 6.53. The van der Waals surface area contributed by atoms with Crippen molar-refractivity contribution in [3.8, 4) is 0 Å².